The quantitative estimate of drug-likeness (QED) is 0.670. The number of nitriles is 1. The lowest BCUT2D eigenvalue weighted by Gasteiger charge is -2.26. The van der Waals surface area contributed by atoms with Gasteiger partial charge in [-0.15, -0.1) is 5.10 Å². The lowest BCUT2D eigenvalue weighted by atomic mass is 9.93. The first-order valence-corrected chi connectivity index (χ1v) is 8.79. The minimum absolute atomic E-state index is 0.171. The summed E-state index contributed by atoms with van der Waals surface area (Å²) in [7, 11) is 0. The highest BCUT2D eigenvalue weighted by Gasteiger charge is 2.20. The van der Waals surface area contributed by atoms with Crippen LogP contribution < -0.4 is 10.6 Å². The molecule has 7 nitrogen and oxygen atoms in total. The molecule has 0 amide bonds. The molecule has 7 heteroatoms. The molecule has 3 N–H and O–H groups in total. The molecular formula is C19H20N6O. The van der Waals surface area contributed by atoms with Crippen LogP contribution in [-0.4, -0.2) is 31.9 Å². The van der Waals surface area contributed by atoms with Crippen molar-refractivity contribution in [2.75, 3.05) is 10.6 Å². The van der Waals surface area contributed by atoms with E-state index in [9.17, 15) is 5.11 Å². The van der Waals surface area contributed by atoms with Gasteiger partial charge in [-0.05, 0) is 56.0 Å². The van der Waals surface area contributed by atoms with Gasteiger partial charge in [0.2, 0.25) is 5.95 Å². The van der Waals surface area contributed by atoms with Gasteiger partial charge in [0, 0.05) is 11.7 Å². The van der Waals surface area contributed by atoms with Crippen LogP contribution in [0.5, 0.6) is 0 Å². The first-order chi connectivity index (χ1) is 12.7. The number of hydrogen-bond acceptors (Lipinski definition) is 6. The van der Waals surface area contributed by atoms with Crippen molar-refractivity contribution in [2.24, 2.45) is 0 Å². The maximum atomic E-state index is 9.66. The Morgan fingerprint density at radius 1 is 1.12 bits per heavy atom. The number of aliphatic hydroxyl groups excluding tert-OH is 1. The Bertz CT molecular complexity index is 952. The lowest BCUT2D eigenvalue weighted by Crippen LogP contribution is -2.29. The fourth-order valence-corrected chi connectivity index (χ4v) is 3.29. The van der Waals surface area contributed by atoms with Gasteiger partial charge in [0.15, 0.2) is 5.65 Å². The summed E-state index contributed by atoms with van der Waals surface area (Å²) < 4.78 is 1.78. The van der Waals surface area contributed by atoms with Crippen molar-refractivity contribution in [3.8, 4) is 6.07 Å². The molecule has 0 radical (unpaired) electrons. The number of benzene rings is 1. The predicted octanol–water partition coefficient (Wildman–Crippen LogP) is 3.06. The summed E-state index contributed by atoms with van der Waals surface area (Å²) in [6, 6.07) is 15.5. The molecule has 0 aliphatic heterocycles. The summed E-state index contributed by atoms with van der Waals surface area (Å²) in [5.41, 5.74) is 2.10. The zero-order chi connectivity index (χ0) is 17.9. The average molecular weight is 348 g/mol. The lowest BCUT2D eigenvalue weighted by molar-refractivity contribution is 0.126. The van der Waals surface area contributed by atoms with Gasteiger partial charge in [0.25, 0.3) is 0 Å². The van der Waals surface area contributed by atoms with Crippen molar-refractivity contribution >= 4 is 23.1 Å². The molecule has 4 rings (SSSR count). The Labute approximate surface area is 151 Å². The summed E-state index contributed by atoms with van der Waals surface area (Å²) >= 11 is 0. The van der Waals surface area contributed by atoms with Crippen molar-refractivity contribution in [3.05, 3.63) is 48.0 Å². The number of anilines is 3. The molecule has 2 aromatic heterocycles. The van der Waals surface area contributed by atoms with Gasteiger partial charge >= 0.3 is 0 Å². The maximum Gasteiger partial charge on any atom is 0.247 e. The molecule has 132 valence electrons. The van der Waals surface area contributed by atoms with E-state index in [1.54, 1.807) is 16.6 Å². The smallest absolute Gasteiger partial charge is 0.247 e. The number of aliphatic hydroxyl groups is 1. The van der Waals surface area contributed by atoms with Gasteiger partial charge in [-0.1, -0.05) is 12.1 Å². The van der Waals surface area contributed by atoms with E-state index in [0.29, 0.717) is 17.6 Å². The third kappa shape index (κ3) is 3.46. The number of hydrogen-bond donors (Lipinski definition) is 3. The SMILES string of the molecule is N#Cc1cccc(Nc2nc3cccc(NC4CCC(O)CC4)n3n2)c1. The zero-order valence-electron chi connectivity index (χ0n) is 14.3. The van der Waals surface area contributed by atoms with Gasteiger partial charge in [-0.2, -0.15) is 14.8 Å². The van der Waals surface area contributed by atoms with Gasteiger partial charge in [0.1, 0.15) is 5.82 Å². The van der Waals surface area contributed by atoms with Crippen LogP contribution in [0, 0.1) is 11.3 Å². The third-order valence-corrected chi connectivity index (χ3v) is 4.66. The highest BCUT2D eigenvalue weighted by Crippen LogP contribution is 2.23. The molecule has 1 saturated carbocycles. The van der Waals surface area contributed by atoms with E-state index in [2.05, 4.69) is 26.8 Å². The number of pyridine rings is 1. The molecule has 1 aliphatic carbocycles. The van der Waals surface area contributed by atoms with Crippen LogP contribution in [0.15, 0.2) is 42.5 Å². The van der Waals surface area contributed by atoms with Crippen LogP contribution in [0.2, 0.25) is 0 Å². The first-order valence-electron chi connectivity index (χ1n) is 8.79. The Kier molecular flexibility index (Phi) is 4.42. The molecule has 0 spiro atoms. The first kappa shape index (κ1) is 16.4. The van der Waals surface area contributed by atoms with Gasteiger partial charge in [-0.3, -0.25) is 0 Å². The summed E-state index contributed by atoms with van der Waals surface area (Å²) in [6.45, 7) is 0. The highest BCUT2D eigenvalue weighted by molar-refractivity contribution is 5.59. The van der Waals surface area contributed by atoms with Crippen LogP contribution in [0.25, 0.3) is 5.65 Å². The standard InChI is InChI=1S/C19H20N6O/c20-12-13-3-1-4-15(11-13)22-19-23-18-6-2-5-17(25(18)24-19)21-14-7-9-16(26)10-8-14/h1-6,11,14,16,21,26H,7-10H2,(H,22,24). The normalized spacial score (nSPS) is 19.8. The van der Waals surface area contributed by atoms with Crippen molar-refractivity contribution < 1.29 is 5.11 Å². The Hall–Kier alpha value is -3.11. The molecule has 26 heavy (non-hydrogen) atoms. The number of nitrogens with zero attached hydrogens (tertiary/aromatic N) is 4. The summed E-state index contributed by atoms with van der Waals surface area (Å²) in [6.07, 6.45) is 3.37. The van der Waals surface area contributed by atoms with Gasteiger partial charge < -0.3 is 15.7 Å². The number of aromatic nitrogens is 3. The van der Waals surface area contributed by atoms with E-state index in [4.69, 9.17) is 5.26 Å². The molecular weight excluding hydrogens is 328 g/mol. The molecule has 0 atom stereocenters. The van der Waals surface area contributed by atoms with E-state index in [0.717, 1.165) is 42.8 Å². The Balaban J connectivity index is 1.56. The summed E-state index contributed by atoms with van der Waals surface area (Å²) in [5, 5.41) is 29.9. The van der Waals surface area contributed by atoms with E-state index < -0.39 is 0 Å². The zero-order valence-corrected chi connectivity index (χ0v) is 14.3. The summed E-state index contributed by atoms with van der Waals surface area (Å²) in [4.78, 5) is 4.51. The topological polar surface area (TPSA) is 98.3 Å². The fourth-order valence-electron chi connectivity index (χ4n) is 3.29. The summed E-state index contributed by atoms with van der Waals surface area (Å²) in [5.74, 6) is 1.36. The second-order valence-corrected chi connectivity index (χ2v) is 6.58. The Morgan fingerprint density at radius 2 is 1.92 bits per heavy atom. The fraction of sp³-hybridized carbons (Fsp3) is 0.316. The largest absolute Gasteiger partial charge is 0.393 e. The van der Waals surface area contributed by atoms with Crippen molar-refractivity contribution in [2.45, 2.75) is 37.8 Å². The van der Waals surface area contributed by atoms with E-state index in [-0.39, 0.29) is 6.10 Å². The third-order valence-electron chi connectivity index (χ3n) is 4.66. The van der Waals surface area contributed by atoms with Crippen LogP contribution in [-0.2, 0) is 0 Å². The number of fused-ring (bicyclic) bond motifs is 1. The van der Waals surface area contributed by atoms with Gasteiger partial charge in [0.05, 0.1) is 17.7 Å². The number of rotatable bonds is 4. The van der Waals surface area contributed by atoms with Crippen molar-refractivity contribution in [3.63, 3.8) is 0 Å². The number of nitrogens with one attached hydrogen (secondary N) is 2. The van der Waals surface area contributed by atoms with E-state index in [1.165, 1.54) is 0 Å². The van der Waals surface area contributed by atoms with Crippen LogP contribution in [0.1, 0.15) is 31.2 Å². The molecule has 2 heterocycles. The monoisotopic (exact) mass is 348 g/mol. The highest BCUT2D eigenvalue weighted by atomic mass is 16.3. The minimum atomic E-state index is -0.171. The van der Waals surface area contributed by atoms with E-state index in [1.807, 2.05) is 30.3 Å². The van der Waals surface area contributed by atoms with Gasteiger partial charge in [-0.25, -0.2) is 0 Å². The molecule has 1 aromatic carbocycles. The predicted molar refractivity (Wildman–Crippen MR) is 99.3 cm³/mol. The molecule has 3 aromatic rings. The second-order valence-electron chi connectivity index (χ2n) is 6.58. The molecule has 0 unspecified atom stereocenters. The second kappa shape index (κ2) is 7.02. The van der Waals surface area contributed by atoms with Crippen molar-refractivity contribution in [1.82, 2.24) is 14.6 Å². The molecule has 1 aliphatic rings. The van der Waals surface area contributed by atoms with Crippen LogP contribution >= 0.6 is 0 Å². The maximum absolute atomic E-state index is 9.66. The van der Waals surface area contributed by atoms with Crippen LogP contribution in [0.4, 0.5) is 17.5 Å². The minimum Gasteiger partial charge on any atom is -0.393 e. The molecule has 0 saturated heterocycles. The Morgan fingerprint density at radius 3 is 2.73 bits per heavy atom. The van der Waals surface area contributed by atoms with Crippen molar-refractivity contribution in [1.29, 1.82) is 5.26 Å². The molecule has 1 fully saturated rings. The molecule has 0 bridgehead atoms. The van der Waals surface area contributed by atoms with Crippen LogP contribution in [0.3, 0.4) is 0 Å². The average Bonchev–Trinajstić information content (AvgIpc) is 3.07. The van der Waals surface area contributed by atoms with E-state index >= 15 is 0 Å².